The van der Waals surface area contributed by atoms with Crippen LogP contribution in [0.4, 0.5) is 17.6 Å². The summed E-state index contributed by atoms with van der Waals surface area (Å²) >= 11 is 0. The van der Waals surface area contributed by atoms with E-state index in [9.17, 15) is 30.8 Å². The third kappa shape index (κ3) is 7.69. The first-order valence-corrected chi connectivity index (χ1v) is 11.6. The molecule has 1 aliphatic heterocycles. The Morgan fingerprint density at radius 3 is 2.33 bits per heavy atom. The van der Waals surface area contributed by atoms with Gasteiger partial charge in [0.05, 0.1) is 11.4 Å². The molecule has 0 aromatic heterocycles. The normalized spacial score (nSPS) is 15.9. The third-order valence-electron chi connectivity index (χ3n) is 5.07. The zero-order valence-electron chi connectivity index (χ0n) is 17.4. The summed E-state index contributed by atoms with van der Waals surface area (Å²) in [5.74, 6) is -1.28. The van der Waals surface area contributed by atoms with Crippen molar-refractivity contribution in [2.24, 2.45) is 0 Å². The second-order valence-corrected chi connectivity index (χ2v) is 9.27. The Labute approximate surface area is 188 Å². The van der Waals surface area contributed by atoms with Crippen molar-refractivity contribution in [3.63, 3.8) is 0 Å². The van der Waals surface area contributed by atoms with Crippen molar-refractivity contribution in [3.8, 4) is 5.75 Å². The summed E-state index contributed by atoms with van der Waals surface area (Å²) in [4.78, 5) is 14.0. The largest absolute Gasteiger partial charge is 0.573 e. The molecule has 0 unspecified atom stereocenters. The van der Waals surface area contributed by atoms with Crippen molar-refractivity contribution >= 4 is 15.9 Å². The fraction of sp³-hybridized carbons (Fsp3) is 0.381. The van der Waals surface area contributed by atoms with E-state index < -0.39 is 22.2 Å². The van der Waals surface area contributed by atoms with Crippen LogP contribution in [0.2, 0.25) is 0 Å². The Hall–Kier alpha value is -2.70. The fourth-order valence-corrected chi connectivity index (χ4v) is 4.74. The number of alkyl halides is 3. The van der Waals surface area contributed by atoms with Crippen molar-refractivity contribution in [3.05, 3.63) is 59.9 Å². The lowest BCUT2D eigenvalue weighted by molar-refractivity contribution is -0.274. The molecule has 3 rings (SSSR count). The molecule has 0 atom stereocenters. The number of halogens is 4. The number of rotatable bonds is 8. The van der Waals surface area contributed by atoms with Gasteiger partial charge in [0.25, 0.3) is 0 Å². The average Bonchev–Trinajstić information content (AvgIpc) is 2.73. The van der Waals surface area contributed by atoms with E-state index in [0.29, 0.717) is 25.9 Å². The van der Waals surface area contributed by atoms with Gasteiger partial charge in [-0.15, -0.1) is 13.2 Å². The van der Waals surface area contributed by atoms with Crippen LogP contribution in [-0.4, -0.2) is 51.3 Å². The molecule has 0 radical (unpaired) electrons. The highest BCUT2D eigenvalue weighted by molar-refractivity contribution is 7.89. The Morgan fingerprint density at radius 1 is 1.06 bits per heavy atom. The molecule has 0 spiro atoms. The van der Waals surface area contributed by atoms with Crippen LogP contribution in [-0.2, 0) is 21.4 Å². The van der Waals surface area contributed by atoms with Crippen LogP contribution in [0.1, 0.15) is 18.4 Å². The van der Waals surface area contributed by atoms with Crippen molar-refractivity contribution in [2.75, 3.05) is 19.6 Å². The summed E-state index contributed by atoms with van der Waals surface area (Å²) in [7, 11) is -3.78. The molecular weight excluding hydrogens is 466 g/mol. The summed E-state index contributed by atoms with van der Waals surface area (Å²) in [6.45, 7) is 0.814. The van der Waals surface area contributed by atoms with Crippen LogP contribution >= 0.6 is 0 Å². The molecule has 2 aromatic rings. The molecule has 180 valence electrons. The number of likely N-dealkylation sites (tertiary alicyclic amines) is 1. The number of sulfonamides is 1. The summed E-state index contributed by atoms with van der Waals surface area (Å²) in [5.41, 5.74) is 0.192. The van der Waals surface area contributed by atoms with E-state index in [1.807, 2.05) is 4.90 Å². The second-order valence-electron chi connectivity index (χ2n) is 7.56. The highest BCUT2D eigenvalue weighted by Gasteiger charge is 2.32. The minimum atomic E-state index is -4.83. The second kappa shape index (κ2) is 10.5. The number of nitrogens with one attached hydrogen (secondary N) is 2. The van der Waals surface area contributed by atoms with Gasteiger partial charge in [0.1, 0.15) is 11.6 Å². The van der Waals surface area contributed by atoms with Crippen molar-refractivity contribution in [1.82, 2.24) is 14.9 Å². The lowest BCUT2D eigenvalue weighted by Crippen LogP contribution is -2.47. The van der Waals surface area contributed by atoms with Crippen LogP contribution in [0.3, 0.4) is 0 Å². The molecular formula is C21H23F4N3O4S. The van der Waals surface area contributed by atoms with Gasteiger partial charge in [-0.2, -0.15) is 0 Å². The van der Waals surface area contributed by atoms with Crippen LogP contribution < -0.4 is 14.8 Å². The number of piperidine rings is 1. The molecule has 0 saturated carbocycles. The summed E-state index contributed by atoms with van der Waals surface area (Å²) in [6.07, 6.45) is -3.89. The average molecular weight is 489 g/mol. The molecule has 2 aromatic carbocycles. The lowest BCUT2D eigenvalue weighted by Gasteiger charge is -2.31. The van der Waals surface area contributed by atoms with E-state index in [-0.39, 0.29) is 41.2 Å². The Balaban J connectivity index is 1.45. The standard InChI is InChI=1S/C21H23F4N3O4S/c22-16-5-7-18(8-6-16)33(30,31)27-17-9-11-28(12-10-17)14-20(29)26-13-15-3-1-2-4-19(15)32-21(23,24)25/h1-8,17,27H,9-14H2,(H,26,29). The van der Waals surface area contributed by atoms with E-state index >= 15 is 0 Å². The van der Waals surface area contributed by atoms with Crippen molar-refractivity contribution in [1.29, 1.82) is 0 Å². The van der Waals surface area contributed by atoms with Crippen LogP contribution in [0, 0.1) is 5.82 Å². The highest BCUT2D eigenvalue weighted by Crippen LogP contribution is 2.26. The van der Waals surface area contributed by atoms with Gasteiger partial charge in [-0.3, -0.25) is 9.69 Å². The quantitative estimate of drug-likeness (QED) is 0.557. The summed E-state index contributed by atoms with van der Waals surface area (Å²) in [5, 5.41) is 2.58. The molecule has 7 nitrogen and oxygen atoms in total. The zero-order valence-corrected chi connectivity index (χ0v) is 18.3. The first-order valence-electron chi connectivity index (χ1n) is 10.1. The predicted molar refractivity (Wildman–Crippen MR) is 111 cm³/mol. The molecule has 1 heterocycles. The van der Waals surface area contributed by atoms with Gasteiger partial charge in [0.2, 0.25) is 15.9 Å². The number of carbonyl (C=O) groups is 1. The molecule has 2 N–H and O–H groups in total. The maximum absolute atomic E-state index is 13.0. The summed E-state index contributed by atoms with van der Waals surface area (Å²) in [6, 6.07) is 9.75. The molecule has 1 fully saturated rings. The Kier molecular flexibility index (Phi) is 7.92. The van der Waals surface area contributed by atoms with E-state index in [1.165, 1.54) is 30.3 Å². The van der Waals surface area contributed by atoms with Gasteiger partial charge in [-0.1, -0.05) is 18.2 Å². The maximum atomic E-state index is 13.0. The number of para-hydroxylation sites is 1. The molecule has 1 saturated heterocycles. The number of ether oxygens (including phenoxy) is 1. The number of hydrogen-bond donors (Lipinski definition) is 2. The van der Waals surface area contributed by atoms with Gasteiger partial charge < -0.3 is 10.1 Å². The van der Waals surface area contributed by atoms with Gasteiger partial charge in [-0.05, 0) is 43.2 Å². The predicted octanol–water partition coefficient (Wildman–Crippen LogP) is 2.78. The van der Waals surface area contributed by atoms with E-state index in [0.717, 1.165) is 12.1 Å². The third-order valence-corrected chi connectivity index (χ3v) is 6.61. The number of hydrogen-bond acceptors (Lipinski definition) is 5. The number of carbonyl (C=O) groups excluding carboxylic acids is 1. The topological polar surface area (TPSA) is 87.7 Å². The van der Waals surface area contributed by atoms with Gasteiger partial charge in [-0.25, -0.2) is 17.5 Å². The summed E-state index contributed by atoms with van der Waals surface area (Å²) < 4.78 is 81.9. The van der Waals surface area contributed by atoms with Crippen LogP contribution in [0.5, 0.6) is 5.75 Å². The van der Waals surface area contributed by atoms with Gasteiger partial charge in [0.15, 0.2) is 0 Å². The number of benzene rings is 2. The highest BCUT2D eigenvalue weighted by atomic mass is 32.2. The minimum Gasteiger partial charge on any atom is -0.405 e. The van der Waals surface area contributed by atoms with Crippen LogP contribution in [0.15, 0.2) is 53.4 Å². The molecule has 0 bridgehead atoms. The van der Waals surface area contributed by atoms with Gasteiger partial charge >= 0.3 is 6.36 Å². The Bertz CT molecular complexity index is 1050. The van der Waals surface area contributed by atoms with E-state index in [4.69, 9.17) is 0 Å². The maximum Gasteiger partial charge on any atom is 0.573 e. The molecule has 1 aliphatic rings. The molecule has 33 heavy (non-hydrogen) atoms. The van der Waals surface area contributed by atoms with E-state index in [2.05, 4.69) is 14.8 Å². The minimum absolute atomic E-state index is 0.0273. The number of nitrogens with zero attached hydrogens (tertiary/aromatic N) is 1. The lowest BCUT2D eigenvalue weighted by atomic mass is 10.1. The van der Waals surface area contributed by atoms with Gasteiger partial charge in [0, 0.05) is 31.2 Å². The van der Waals surface area contributed by atoms with Crippen molar-refractivity contribution < 1.29 is 35.5 Å². The van der Waals surface area contributed by atoms with Crippen LogP contribution in [0.25, 0.3) is 0 Å². The smallest absolute Gasteiger partial charge is 0.405 e. The van der Waals surface area contributed by atoms with Crippen molar-refractivity contribution in [2.45, 2.75) is 36.7 Å². The molecule has 0 aliphatic carbocycles. The number of amides is 1. The SMILES string of the molecule is O=C(CN1CCC(NS(=O)(=O)c2ccc(F)cc2)CC1)NCc1ccccc1OC(F)(F)F. The Morgan fingerprint density at radius 2 is 1.70 bits per heavy atom. The fourth-order valence-electron chi connectivity index (χ4n) is 3.44. The molecule has 1 amide bonds. The molecule has 12 heteroatoms. The first-order chi connectivity index (χ1) is 15.5. The zero-order chi connectivity index (χ0) is 24.1. The monoisotopic (exact) mass is 489 g/mol. The first kappa shape index (κ1) is 24.9. The van der Waals surface area contributed by atoms with E-state index in [1.54, 1.807) is 6.07 Å².